The predicted octanol–water partition coefficient (Wildman–Crippen LogP) is 3.80. The maximum Gasteiger partial charge on any atom is 0.143 e. The van der Waals surface area contributed by atoms with Crippen LogP contribution in [0.25, 0.3) is 11.4 Å². The maximum atomic E-state index is 5.43. The highest BCUT2D eigenvalue weighted by Gasteiger charge is 2.10. The van der Waals surface area contributed by atoms with Gasteiger partial charge in [-0.25, -0.2) is 4.98 Å². The van der Waals surface area contributed by atoms with Gasteiger partial charge in [0.05, 0.1) is 12.7 Å². The van der Waals surface area contributed by atoms with Gasteiger partial charge >= 0.3 is 0 Å². The Morgan fingerprint density at radius 2 is 1.76 bits per heavy atom. The quantitative estimate of drug-likeness (QED) is 0.709. The highest BCUT2D eigenvalue weighted by atomic mass is 16.5. The van der Waals surface area contributed by atoms with E-state index in [1.54, 1.807) is 7.11 Å². The van der Waals surface area contributed by atoms with E-state index in [-0.39, 0.29) is 0 Å². The normalized spacial score (nSPS) is 10.5. The number of methoxy groups -OCH3 is 1. The summed E-state index contributed by atoms with van der Waals surface area (Å²) in [7, 11) is 1.69. The zero-order valence-corrected chi connectivity index (χ0v) is 12.1. The molecule has 0 unspecified atom stereocenters. The molecule has 3 heteroatoms. The summed E-state index contributed by atoms with van der Waals surface area (Å²) in [6, 6.07) is 18.5. The molecule has 0 N–H and O–H groups in total. The van der Waals surface area contributed by atoms with Crippen LogP contribution in [0.4, 0.5) is 0 Å². The number of benzene rings is 2. The molecule has 2 aromatic carbocycles. The van der Waals surface area contributed by atoms with Crippen molar-refractivity contribution in [3.63, 3.8) is 0 Å². The average molecular weight is 278 g/mol. The molecule has 0 bridgehead atoms. The fourth-order valence-electron chi connectivity index (χ4n) is 2.46. The Morgan fingerprint density at radius 3 is 2.57 bits per heavy atom. The van der Waals surface area contributed by atoms with Crippen molar-refractivity contribution in [2.75, 3.05) is 7.11 Å². The van der Waals surface area contributed by atoms with Gasteiger partial charge in [-0.1, -0.05) is 42.5 Å². The molecule has 106 valence electrons. The van der Waals surface area contributed by atoms with Gasteiger partial charge in [0.25, 0.3) is 0 Å². The van der Waals surface area contributed by atoms with Gasteiger partial charge in [0.2, 0.25) is 0 Å². The Kier molecular flexibility index (Phi) is 4.01. The Morgan fingerprint density at radius 1 is 1.00 bits per heavy atom. The molecule has 0 fully saturated rings. The summed E-state index contributed by atoms with van der Waals surface area (Å²) in [6.45, 7) is 0.900. The van der Waals surface area contributed by atoms with Crippen molar-refractivity contribution in [3.8, 4) is 17.1 Å². The number of imidazole rings is 1. The standard InChI is InChI=1S/C18H18N2O/c1-21-17-10-6-5-9-16(17)18-19-12-14-20(18)13-11-15-7-3-2-4-8-15/h2-10,12,14H,11,13H2,1H3. The van der Waals surface area contributed by atoms with E-state index in [0.717, 1.165) is 30.1 Å². The highest BCUT2D eigenvalue weighted by Crippen LogP contribution is 2.28. The Labute approximate surface area is 124 Å². The monoisotopic (exact) mass is 278 g/mol. The summed E-state index contributed by atoms with van der Waals surface area (Å²) in [5.41, 5.74) is 2.36. The first-order valence-electron chi connectivity index (χ1n) is 7.07. The van der Waals surface area contributed by atoms with E-state index >= 15 is 0 Å². The van der Waals surface area contributed by atoms with Crippen molar-refractivity contribution >= 4 is 0 Å². The third-order valence-electron chi connectivity index (χ3n) is 3.55. The van der Waals surface area contributed by atoms with Gasteiger partial charge < -0.3 is 9.30 Å². The zero-order valence-electron chi connectivity index (χ0n) is 12.1. The first-order chi connectivity index (χ1) is 10.4. The largest absolute Gasteiger partial charge is 0.496 e. The molecule has 0 aliphatic rings. The number of rotatable bonds is 5. The first kappa shape index (κ1) is 13.4. The molecule has 0 aliphatic carbocycles. The van der Waals surface area contributed by atoms with Gasteiger partial charge in [0.1, 0.15) is 11.6 Å². The average Bonchev–Trinajstić information content (AvgIpc) is 3.02. The molecule has 3 aromatic rings. The van der Waals surface area contributed by atoms with Gasteiger partial charge in [0.15, 0.2) is 0 Å². The lowest BCUT2D eigenvalue weighted by molar-refractivity contribution is 0.416. The van der Waals surface area contributed by atoms with E-state index in [1.165, 1.54) is 5.56 Å². The van der Waals surface area contributed by atoms with E-state index in [2.05, 4.69) is 33.8 Å². The van der Waals surface area contributed by atoms with Crippen LogP contribution in [-0.2, 0) is 13.0 Å². The maximum absolute atomic E-state index is 5.43. The summed E-state index contributed by atoms with van der Waals surface area (Å²) in [4.78, 5) is 4.49. The summed E-state index contributed by atoms with van der Waals surface area (Å²) in [5, 5.41) is 0. The smallest absolute Gasteiger partial charge is 0.143 e. The third-order valence-corrected chi connectivity index (χ3v) is 3.55. The minimum Gasteiger partial charge on any atom is -0.496 e. The molecule has 3 rings (SSSR count). The van der Waals surface area contributed by atoms with Crippen LogP contribution in [-0.4, -0.2) is 16.7 Å². The molecule has 21 heavy (non-hydrogen) atoms. The van der Waals surface area contributed by atoms with E-state index in [9.17, 15) is 0 Å². The third kappa shape index (κ3) is 2.97. The molecule has 0 aliphatic heterocycles. The summed E-state index contributed by atoms with van der Waals surface area (Å²) in [5.74, 6) is 1.80. The van der Waals surface area contributed by atoms with Crippen molar-refractivity contribution in [2.45, 2.75) is 13.0 Å². The lowest BCUT2D eigenvalue weighted by Crippen LogP contribution is -2.03. The molecule has 0 atom stereocenters. The van der Waals surface area contributed by atoms with Crippen LogP contribution >= 0.6 is 0 Å². The molecule has 0 saturated heterocycles. The summed E-state index contributed by atoms with van der Waals surface area (Å²) in [6.07, 6.45) is 4.84. The van der Waals surface area contributed by atoms with Crippen molar-refractivity contribution in [2.24, 2.45) is 0 Å². The van der Waals surface area contributed by atoms with Crippen LogP contribution in [0.3, 0.4) is 0 Å². The molecule has 1 heterocycles. The van der Waals surface area contributed by atoms with Gasteiger partial charge in [0, 0.05) is 18.9 Å². The van der Waals surface area contributed by atoms with Gasteiger partial charge in [-0.3, -0.25) is 0 Å². The fourth-order valence-corrected chi connectivity index (χ4v) is 2.46. The number of aryl methyl sites for hydroxylation is 2. The van der Waals surface area contributed by atoms with Crippen LogP contribution in [0, 0.1) is 0 Å². The lowest BCUT2D eigenvalue weighted by atomic mass is 10.1. The number of para-hydroxylation sites is 1. The molecular formula is C18H18N2O. The highest BCUT2D eigenvalue weighted by molar-refractivity contribution is 5.64. The topological polar surface area (TPSA) is 27.1 Å². The van der Waals surface area contributed by atoms with Crippen LogP contribution in [0.2, 0.25) is 0 Å². The fraction of sp³-hybridized carbons (Fsp3) is 0.167. The van der Waals surface area contributed by atoms with Gasteiger partial charge in [-0.05, 0) is 24.1 Å². The number of aromatic nitrogens is 2. The number of ether oxygens (including phenoxy) is 1. The predicted molar refractivity (Wildman–Crippen MR) is 84.4 cm³/mol. The second-order valence-corrected chi connectivity index (χ2v) is 4.88. The number of nitrogens with zero attached hydrogens (tertiary/aromatic N) is 2. The summed E-state index contributed by atoms with van der Waals surface area (Å²) >= 11 is 0. The minimum absolute atomic E-state index is 0.852. The molecule has 0 spiro atoms. The molecule has 3 nitrogen and oxygen atoms in total. The van der Waals surface area contributed by atoms with E-state index in [0.29, 0.717) is 0 Å². The molecule has 1 aromatic heterocycles. The molecular weight excluding hydrogens is 260 g/mol. The van der Waals surface area contributed by atoms with Gasteiger partial charge in [-0.2, -0.15) is 0 Å². The van der Waals surface area contributed by atoms with Crippen molar-refractivity contribution in [3.05, 3.63) is 72.6 Å². The number of hydrogen-bond donors (Lipinski definition) is 0. The van der Waals surface area contributed by atoms with Gasteiger partial charge in [-0.15, -0.1) is 0 Å². The molecule has 0 radical (unpaired) electrons. The SMILES string of the molecule is COc1ccccc1-c1nccn1CCc1ccccc1. The zero-order chi connectivity index (χ0) is 14.5. The van der Waals surface area contributed by atoms with Crippen LogP contribution in [0.5, 0.6) is 5.75 Å². The Balaban J connectivity index is 1.84. The van der Waals surface area contributed by atoms with E-state index < -0.39 is 0 Å². The second-order valence-electron chi connectivity index (χ2n) is 4.88. The second kappa shape index (κ2) is 6.27. The van der Waals surface area contributed by atoms with Crippen molar-refractivity contribution in [1.29, 1.82) is 0 Å². The van der Waals surface area contributed by atoms with Crippen LogP contribution in [0.15, 0.2) is 67.0 Å². The van der Waals surface area contributed by atoms with Crippen LogP contribution in [0.1, 0.15) is 5.56 Å². The van der Waals surface area contributed by atoms with Crippen LogP contribution < -0.4 is 4.74 Å². The molecule has 0 amide bonds. The first-order valence-corrected chi connectivity index (χ1v) is 7.07. The van der Waals surface area contributed by atoms with E-state index in [4.69, 9.17) is 4.74 Å². The molecule has 0 saturated carbocycles. The Hall–Kier alpha value is -2.55. The van der Waals surface area contributed by atoms with Crippen molar-refractivity contribution in [1.82, 2.24) is 9.55 Å². The number of hydrogen-bond acceptors (Lipinski definition) is 2. The Bertz CT molecular complexity index is 704. The van der Waals surface area contributed by atoms with E-state index in [1.807, 2.05) is 42.7 Å². The lowest BCUT2D eigenvalue weighted by Gasteiger charge is -2.11. The minimum atomic E-state index is 0.852. The summed E-state index contributed by atoms with van der Waals surface area (Å²) < 4.78 is 7.61. The van der Waals surface area contributed by atoms with Crippen molar-refractivity contribution < 1.29 is 4.74 Å².